The molecule has 0 aliphatic heterocycles. The van der Waals surface area contributed by atoms with Crippen LogP contribution in [0.2, 0.25) is 0 Å². The van der Waals surface area contributed by atoms with Gasteiger partial charge in [0, 0.05) is 24.3 Å². The zero-order chi connectivity index (χ0) is 12.8. The predicted octanol–water partition coefficient (Wildman–Crippen LogP) is 3.26. The highest BCUT2D eigenvalue weighted by Gasteiger charge is 2.53. The van der Waals surface area contributed by atoms with E-state index >= 15 is 0 Å². The third-order valence-electron chi connectivity index (χ3n) is 4.74. The second kappa shape index (κ2) is 4.04. The highest BCUT2D eigenvalue weighted by atomic mass is 16.1. The molecule has 2 aliphatic carbocycles. The van der Waals surface area contributed by atoms with Crippen LogP contribution >= 0.6 is 0 Å². The maximum Gasteiger partial charge on any atom is 0.166 e. The van der Waals surface area contributed by atoms with Gasteiger partial charge in [0.25, 0.3) is 0 Å². The molecule has 2 fully saturated rings. The van der Waals surface area contributed by atoms with Gasteiger partial charge in [-0.15, -0.1) is 0 Å². The predicted molar refractivity (Wildman–Crippen MR) is 69.3 cm³/mol. The van der Waals surface area contributed by atoms with Crippen molar-refractivity contribution < 1.29 is 9.59 Å². The van der Waals surface area contributed by atoms with E-state index in [4.69, 9.17) is 0 Å². The summed E-state index contributed by atoms with van der Waals surface area (Å²) in [6.07, 6.45) is 3.25. The molecule has 0 amide bonds. The summed E-state index contributed by atoms with van der Waals surface area (Å²) in [5.41, 5.74) is 0.711. The van der Waals surface area contributed by atoms with Gasteiger partial charge in [0.15, 0.2) is 5.78 Å². The number of carbonyl (C=O) groups excluding carboxylic acids is 2. The summed E-state index contributed by atoms with van der Waals surface area (Å²) in [6.45, 7) is 2.12. The summed E-state index contributed by atoms with van der Waals surface area (Å²) in [6, 6.07) is 9.53. The van der Waals surface area contributed by atoms with Gasteiger partial charge in [-0.1, -0.05) is 37.3 Å². The molecule has 0 spiro atoms. The maximum atomic E-state index is 12.7. The van der Waals surface area contributed by atoms with Gasteiger partial charge in [0.2, 0.25) is 0 Å². The van der Waals surface area contributed by atoms with Crippen LogP contribution in [0.5, 0.6) is 0 Å². The lowest BCUT2D eigenvalue weighted by molar-refractivity contribution is -0.124. The number of ketones is 2. The second-order valence-corrected chi connectivity index (χ2v) is 6.08. The Kier molecular flexibility index (Phi) is 2.61. The molecule has 2 bridgehead atoms. The minimum atomic E-state index is -0.0904. The highest BCUT2D eigenvalue weighted by molar-refractivity contribution is 6.00. The summed E-state index contributed by atoms with van der Waals surface area (Å²) in [5, 5.41) is 0. The fraction of sp³-hybridized carbons (Fsp3) is 0.500. The van der Waals surface area contributed by atoms with Gasteiger partial charge < -0.3 is 0 Å². The molecule has 2 aliphatic rings. The Morgan fingerprint density at radius 1 is 1.28 bits per heavy atom. The molecule has 3 atom stereocenters. The van der Waals surface area contributed by atoms with Crippen LogP contribution in [-0.4, -0.2) is 11.6 Å². The number of Topliss-reactive ketones (excluding diaryl/α,β-unsaturated/α-hetero) is 2. The molecule has 0 aromatic heterocycles. The number of benzene rings is 1. The summed E-state index contributed by atoms with van der Waals surface area (Å²) in [4.78, 5) is 24.4. The SMILES string of the molecule is CC12CCC(CC(=O)C1)[C@@H]2C(=O)c1ccccc1. The van der Waals surface area contributed by atoms with Crippen molar-refractivity contribution in [1.29, 1.82) is 0 Å². The smallest absolute Gasteiger partial charge is 0.166 e. The van der Waals surface area contributed by atoms with E-state index in [1.807, 2.05) is 30.3 Å². The van der Waals surface area contributed by atoms with Gasteiger partial charge in [-0.2, -0.15) is 0 Å². The number of hydrogen-bond donors (Lipinski definition) is 0. The van der Waals surface area contributed by atoms with Crippen LogP contribution < -0.4 is 0 Å². The monoisotopic (exact) mass is 242 g/mol. The molecule has 2 nitrogen and oxygen atoms in total. The topological polar surface area (TPSA) is 34.1 Å². The molecule has 0 radical (unpaired) electrons. The van der Waals surface area contributed by atoms with Gasteiger partial charge in [-0.05, 0) is 24.2 Å². The molecular weight excluding hydrogens is 224 g/mol. The lowest BCUT2D eigenvalue weighted by Crippen LogP contribution is -2.39. The van der Waals surface area contributed by atoms with Gasteiger partial charge in [-0.3, -0.25) is 9.59 Å². The first-order chi connectivity index (χ1) is 8.60. The Hall–Kier alpha value is -1.44. The fourth-order valence-corrected chi connectivity index (χ4v) is 3.95. The van der Waals surface area contributed by atoms with Crippen LogP contribution in [0.25, 0.3) is 0 Å². The Morgan fingerprint density at radius 2 is 2.00 bits per heavy atom. The van der Waals surface area contributed by atoms with Gasteiger partial charge in [0.1, 0.15) is 5.78 Å². The Morgan fingerprint density at radius 3 is 2.67 bits per heavy atom. The van der Waals surface area contributed by atoms with E-state index < -0.39 is 0 Å². The number of hydrogen-bond acceptors (Lipinski definition) is 2. The zero-order valence-electron chi connectivity index (χ0n) is 10.7. The van der Waals surface area contributed by atoms with E-state index in [-0.39, 0.29) is 23.0 Å². The van der Waals surface area contributed by atoms with Crippen molar-refractivity contribution in [2.24, 2.45) is 17.3 Å². The van der Waals surface area contributed by atoms with Gasteiger partial charge in [0.05, 0.1) is 0 Å². The van der Waals surface area contributed by atoms with E-state index in [0.717, 1.165) is 18.4 Å². The van der Waals surface area contributed by atoms with Crippen molar-refractivity contribution in [3.63, 3.8) is 0 Å². The van der Waals surface area contributed by atoms with Gasteiger partial charge in [-0.25, -0.2) is 0 Å². The van der Waals surface area contributed by atoms with Crippen LogP contribution in [-0.2, 0) is 4.79 Å². The third-order valence-corrected chi connectivity index (χ3v) is 4.74. The average molecular weight is 242 g/mol. The van der Waals surface area contributed by atoms with Crippen LogP contribution in [0, 0.1) is 17.3 Å². The first-order valence-electron chi connectivity index (χ1n) is 6.71. The molecule has 0 saturated heterocycles. The van der Waals surface area contributed by atoms with Crippen molar-refractivity contribution in [2.45, 2.75) is 32.6 Å². The molecular formula is C16H18O2. The first kappa shape index (κ1) is 11.6. The average Bonchev–Trinajstić information content (AvgIpc) is 2.57. The largest absolute Gasteiger partial charge is 0.300 e. The fourth-order valence-electron chi connectivity index (χ4n) is 3.95. The molecule has 94 valence electrons. The molecule has 18 heavy (non-hydrogen) atoms. The van der Waals surface area contributed by atoms with Crippen molar-refractivity contribution in [2.75, 3.05) is 0 Å². The molecule has 2 saturated carbocycles. The van der Waals surface area contributed by atoms with Crippen LogP contribution in [0.15, 0.2) is 30.3 Å². The van der Waals surface area contributed by atoms with Gasteiger partial charge >= 0.3 is 0 Å². The van der Waals surface area contributed by atoms with Crippen molar-refractivity contribution in [1.82, 2.24) is 0 Å². The number of fused-ring (bicyclic) bond motifs is 2. The molecule has 1 aromatic rings. The summed E-state index contributed by atoms with van der Waals surface area (Å²) < 4.78 is 0. The van der Waals surface area contributed by atoms with Crippen LogP contribution in [0.1, 0.15) is 43.0 Å². The molecule has 2 heteroatoms. The van der Waals surface area contributed by atoms with E-state index in [0.29, 0.717) is 18.6 Å². The van der Waals surface area contributed by atoms with E-state index in [2.05, 4.69) is 6.92 Å². The number of carbonyl (C=O) groups is 2. The van der Waals surface area contributed by atoms with Crippen molar-refractivity contribution in [3.05, 3.63) is 35.9 Å². The molecule has 2 unspecified atom stereocenters. The number of rotatable bonds is 2. The standard InChI is InChI=1S/C16H18O2/c1-16-8-7-12(9-13(17)10-16)14(16)15(18)11-5-3-2-4-6-11/h2-6,12,14H,7-10H2,1H3/t12?,14-,16?/m1/s1. The lowest BCUT2D eigenvalue weighted by Gasteiger charge is -2.36. The third kappa shape index (κ3) is 1.71. The van der Waals surface area contributed by atoms with Crippen LogP contribution in [0.4, 0.5) is 0 Å². The van der Waals surface area contributed by atoms with E-state index in [1.54, 1.807) is 0 Å². The lowest BCUT2D eigenvalue weighted by atomic mass is 9.65. The molecule has 1 aromatic carbocycles. The Bertz CT molecular complexity index is 491. The summed E-state index contributed by atoms with van der Waals surface area (Å²) >= 11 is 0. The zero-order valence-corrected chi connectivity index (χ0v) is 10.7. The molecule has 0 heterocycles. The summed E-state index contributed by atoms with van der Waals surface area (Å²) in [5.74, 6) is 0.923. The normalized spacial score (nSPS) is 34.6. The maximum absolute atomic E-state index is 12.7. The minimum absolute atomic E-state index is 0.0533. The Balaban J connectivity index is 1.94. The molecule has 3 rings (SSSR count). The van der Waals surface area contributed by atoms with E-state index in [1.165, 1.54) is 0 Å². The first-order valence-corrected chi connectivity index (χ1v) is 6.71. The second-order valence-electron chi connectivity index (χ2n) is 6.08. The minimum Gasteiger partial charge on any atom is -0.300 e. The highest BCUT2D eigenvalue weighted by Crippen LogP contribution is 2.55. The summed E-state index contributed by atoms with van der Waals surface area (Å²) in [7, 11) is 0. The van der Waals surface area contributed by atoms with Crippen molar-refractivity contribution in [3.8, 4) is 0 Å². The van der Waals surface area contributed by atoms with Crippen LogP contribution in [0.3, 0.4) is 0 Å². The Labute approximate surface area is 107 Å². The van der Waals surface area contributed by atoms with E-state index in [9.17, 15) is 9.59 Å². The van der Waals surface area contributed by atoms with Crippen molar-refractivity contribution >= 4 is 11.6 Å². The quantitative estimate of drug-likeness (QED) is 0.746. The molecule has 0 N–H and O–H groups in total.